The first-order valence-corrected chi connectivity index (χ1v) is 6.35. The summed E-state index contributed by atoms with van der Waals surface area (Å²) in [4.78, 5) is 6.25. The van der Waals surface area contributed by atoms with Crippen LogP contribution in [0.5, 0.6) is 0 Å². The van der Waals surface area contributed by atoms with Crippen LogP contribution in [0.1, 0.15) is 12.6 Å². The molecule has 1 aromatic carbocycles. The molecule has 0 saturated carbocycles. The van der Waals surface area contributed by atoms with Crippen LogP contribution in [0.3, 0.4) is 0 Å². The van der Waals surface area contributed by atoms with Gasteiger partial charge >= 0.3 is 0 Å². The van der Waals surface area contributed by atoms with E-state index in [4.69, 9.17) is 0 Å². The third-order valence-corrected chi connectivity index (χ3v) is 2.94. The van der Waals surface area contributed by atoms with Gasteiger partial charge in [-0.2, -0.15) is 0 Å². The zero-order chi connectivity index (χ0) is 13.7. The van der Waals surface area contributed by atoms with Crippen LogP contribution in [0, 0.1) is 5.82 Å². The van der Waals surface area contributed by atoms with Crippen molar-refractivity contribution < 1.29 is 4.39 Å². The second-order valence-electron chi connectivity index (χ2n) is 4.32. The van der Waals surface area contributed by atoms with Crippen molar-refractivity contribution in [3.8, 4) is 0 Å². The fraction of sp³-hybridized carbons (Fsp3) is 0.267. The number of rotatable bonds is 5. The molecule has 0 atom stereocenters. The summed E-state index contributed by atoms with van der Waals surface area (Å²) < 4.78 is 13.2. The van der Waals surface area contributed by atoms with E-state index in [-0.39, 0.29) is 5.82 Å². The molecule has 0 fully saturated rings. The van der Waals surface area contributed by atoms with Crippen LogP contribution in [0.15, 0.2) is 42.6 Å². The van der Waals surface area contributed by atoms with E-state index < -0.39 is 0 Å². The molecule has 1 aromatic heterocycles. The van der Waals surface area contributed by atoms with Gasteiger partial charge in [-0.3, -0.25) is 4.98 Å². The van der Waals surface area contributed by atoms with Crippen molar-refractivity contribution in [3.63, 3.8) is 0 Å². The molecule has 0 bridgehead atoms. The van der Waals surface area contributed by atoms with Gasteiger partial charge in [0.1, 0.15) is 5.82 Å². The number of hydrogen-bond acceptors (Lipinski definition) is 3. The van der Waals surface area contributed by atoms with Crippen LogP contribution >= 0.6 is 0 Å². The van der Waals surface area contributed by atoms with Crippen LogP contribution in [0.25, 0.3) is 0 Å². The number of nitrogens with zero attached hydrogens (tertiary/aromatic N) is 2. The van der Waals surface area contributed by atoms with Gasteiger partial charge in [-0.15, -0.1) is 0 Å². The van der Waals surface area contributed by atoms with Crippen LogP contribution in [-0.4, -0.2) is 18.6 Å². The summed E-state index contributed by atoms with van der Waals surface area (Å²) in [5.41, 5.74) is 2.79. The maximum absolute atomic E-state index is 13.2. The molecule has 2 rings (SSSR count). The molecule has 0 aliphatic rings. The highest BCUT2D eigenvalue weighted by molar-refractivity contribution is 5.62. The normalized spacial score (nSPS) is 10.5. The van der Waals surface area contributed by atoms with Gasteiger partial charge in [0.15, 0.2) is 0 Å². The first-order valence-electron chi connectivity index (χ1n) is 6.35. The minimum Gasteiger partial charge on any atom is -0.344 e. The average molecular weight is 259 g/mol. The van der Waals surface area contributed by atoms with Gasteiger partial charge < -0.3 is 10.2 Å². The van der Waals surface area contributed by atoms with Crippen LogP contribution in [0.2, 0.25) is 0 Å². The third-order valence-electron chi connectivity index (χ3n) is 2.94. The van der Waals surface area contributed by atoms with Crippen molar-refractivity contribution in [1.82, 2.24) is 10.3 Å². The average Bonchev–Trinajstić information content (AvgIpc) is 2.44. The molecule has 4 heteroatoms. The van der Waals surface area contributed by atoms with Crippen molar-refractivity contribution in [3.05, 3.63) is 54.1 Å². The Morgan fingerprint density at radius 2 is 2.00 bits per heavy atom. The highest BCUT2D eigenvalue weighted by Crippen LogP contribution is 2.23. The third kappa shape index (κ3) is 3.51. The van der Waals surface area contributed by atoms with E-state index in [0.717, 1.165) is 30.2 Å². The highest BCUT2D eigenvalue weighted by Gasteiger charge is 2.06. The quantitative estimate of drug-likeness (QED) is 0.894. The summed E-state index contributed by atoms with van der Waals surface area (Å²) in [6.45, 7) is 3.70. The van der Waals surface area contributed by atoms with Crippen molar-refractivity contribution in [2.75, 3.05) is 18.5 Å². The molecule has 0 saturated heterocycles. The van der Waals surface area contributed by atoms with Crippen molar-refractivity contribution in [2.45, 2.75) is 13.5 Å². The summed E-state index contributed by atoms with van der Waals surface area (Å²) in [6.07, 6.45) is 1.78. The Morgan fingerprint density at radius 1 is 1.21 bits per heavy atom. The zero-order valence-corrected chi connectivity index (χ0v) is 11.2. The molecular weight excluding hydrogens is 241 g/mol. The minimum atomic E-state index is -0.230. The minimum absolute atomic E-state index is 0.230. The second kappa shape index (κ2) is 6.29. The van der Waals surface area contributed by atoms with Crippen LogP contribution in [-0.2, 0) is 6.54 Å². The largest absolute Gasteiger partial charge is 0.344 e. The number of pyridine rings is 1. The molecular formula is C15H18FN3. The standard InChI is InChI=1S/C15H18FN3/c1-3-17-11-13-10-15(7-8-18-13)19(2)14-6-4-5-12(16)9-14/h4-10,17H,3,11H2,1-2H3. The molecule has 0 radical (unpaired) electrons. The molecule has 19 heavy (non-hydrogen) atoms. The molecule has 0 aliphatic heterocycles. The van der Waals surface area contributed by atoms with Crippen molar-refractivity contribution >= 4 is 11.4 Å². The topological polar surface area (TPSA) is 28.2 Å². The molecule has 0 spiro atoms. The first-order chi connectivity index (χ1) is 9.20. The molecule has 1 heterocycles. The Morgan fingerprint density at radius 3 is 2.74 bits per heavy atom. The van der Waals surface area contributed by atoms with E-state index in [9.17, 15) is 4.39 Å². The van der Waals surface area contributed by atoms with Gasteiger partial charge in [-0.1, -0.05) is 13.0 Å². The summed E-state index contributed by atoms with van der Waals surface area (Å²) >= 11 is 0. The summed E-state index contributed by atoms with van der Waals surface area (Å²) in [5.74, 6) is -0.230. The summed E-state index contributed by atoms with van der Waals surface area (Å²) in [6, 6.07) is 10.5. The Kier molecular flexibility index (Phi) is 4.47. The number of hydrogen-bond donors (Lipinski definition) is 1. The Balaban J connectivity index is 2.21. The van der Waals surface area contributed by atoms with E-state index in [2.05, 4.69) is 17.2 Å². The zero-order valence-electron chi connectivity index (χ0n) is 11.2. The monoisotopic (exact) mass is 259 g/mol. The fourth-order valence-electron chi connectivity index (χ4n) is 1.86. The molecule has 0 unspecified atom stereocenters. The van der Waals surface area contributed by atoms with Crippen molar-refractivity contribution in [1.29, 1.82) is 0 Å². The molecule has 2 aromatic rings. The Bertz CT molecular complexity index is 542. The molecule has 3 nitrogen and oxygen atoms in total. The van der Waals surface area contributed by atoms with Gasteiger partial charge in [0.2, 0.25) is 0 Å². The smallest absolute Gasteiger partial charge is 0.125 e. The lowest BCUT2D eigenvalue weighted by atomic mass is 10.2. The lowest BCUT2D eigenvalue weighted by Gasteiger charge is -2.20. The lowest BCUT2D eigenvalue weighted by molar-refractivity contribution is 0.628. The highest BCUT2D eigenvalue weighted by atomic mass is 19.1. The summed E-state index contributed by atoms with van der Waals surface area (Å²) in [5, 5.41) is 3.24. The van der Waals surface area contributed by atoms with E-state index in [1.54, 1.807) is 12.3 Å². The van der Waals surface area contributed by atoms with Gasteiger partial charge in [0, 0.05) is 31.2 Å². The molecule has 0 aliphatic carbocycles. The fourth-order valence-corrected chi connectivity index (χ4v) is 1.86. The maximum atomic E-state index is 13.2. The van der Waals surface area contributed by atoms with Gasteiger partial charge in [-0.05, 0) is 36.9 Å². The van der Waals surface area contributed by atoms with E-state index in [0.29, 0.717) is 0 Å². The van der Waals surface area contributed by atoms with Gasteiger partial charge in [-0.25, -0.2) is 4.39 Å². The molecule has 100 valence electrons. The molecule has 1 N–H and O–H groups in total. The first kappa shape index (κ1) is 13.5. The van der Waals surface area contributed by atoms with Crippen LogP contribution in [0.4, 0.5) is 15.8 Å². The summed E-state index contributed by atoms with van der Waals surface area (Å²) in [7, 11) is 1.92. The molecule has 0 amide bonds. The Hall–Kier alpha value is -1.94. The van der Waals surface area contributed by atoms with E-state index in [1.807, 2.05) is 30.1 Å². The lowest BCUT2D eigenvalue weighted by Crippen LogP contribution is -2.14. The van der Waals surface area contributed by atoms with Gasteiger partial charge in [0.25, 0.3) is 0 Å². The van der Waals surface area contributed by atoms with Crippen molar-refractivity contribution in [2.24, 2.45) is 0 Å². The predicted octanol–water partition coefficient (Wildman–Crippen LogP) is 3.10. The van der Waals surface area contributed by atoms with Gasteiger partial charge in [0.05, 0.1) is 5.69 Å². The number of anilines is 2. The van der Waals surface area contributed by atoms with E-state index in [1.165, 1.54) is 12.1 Å². The van der Waals surface area contributed by atoms with Crippen LogP contribution < -0.4 is 10.2 Å². The number of benzene rings is 1. The predicted molar refractivity (Wildman–Crippen MR) is 76.1 cm³/mol. The number of aromatic nitrogens is 1. The Labute approximate surface area is 113 Å². The SMILES string of the molecule is CCNCc1cc(N(C)c2cccc(F)c2)ccn1. The number of halogens is 1. The maximum Gasteiger partial charge on any atom is 0.125 e. The second-order valence-corrected chi connectivity index (χ2v) is 4.32. The number of nitrogens with one attached hydrogen (secondary N) is 1. The van der Waals surface area contributed by atoms with E-state index >= 15 is 0 Å².